The average molecular weight is 540 g/mol. The van der Waals surface area contributed by atoms with Gasteiger partial charge in [-0.05, 0) is 24.1 Å². The molecule has 2 fully saturated rings. The third kappa shape index (κ3) is 6.42. The van der Waals surface area contributed by atoms with Gasteiger partial charge in [0, 0.05) is 42.5 Å². The summed E-state index contributed by atoms with van der Waals surface area (Å²) in [5, 5.41) is 22.1. The minimum Gasteiger partial charge on any atom is -0.495 e. The van der Waals surface area contributed by atoms with Crippen LogP contribution in [0.25, 0.3) is 0 Å². The summed E-state index contributed by atoms with van der Waals surface area (Å²) in [5.74, 6) is -0.830. The zero-order chi connectivity index (χ0) is 27.4. The monoisotopic (exact) mass is 539 g/mol. The molecule has 0 amide bonds. The lowest BCUT2D eigenvalue weighted by Crippen LogP contribution is -2.46. The van der Waals surface area contributed by atoms with Gasteiger partial charge in [0.15, 0.2) is 5.78 Å². The number of nitrogens with zero attached hydrogens (tertiary/aromatic N) is 1. The Kier molecular flexibility index (Phi) is 8.86. The number of anilines is 1. The first-order chi connectivity index (χ1) is 18.1. The van der Waals surface area contributed by atoms with E-state index in [2.05, 4.69) is 21.3 Å². The van der Waals surface area contributed by atoms with Gasteiger partial charge in [-0.2, -0.15) is 13.2 Å². The van der Waals surface area contributed by atoms with E-state index in [4.69, 9.17) is 9.47 Å². The number of aliphatic hydroxyl groups excluding tert-OH is 1. The van der Waals surface area contributed by atoms with Gasteiger partial charge in [-0.1, -0.05) is 13.8 Å². The van der Waals surface area contributed by atoms with Crippen LogP contribution in [0.2, 0.25) is 0 Å². The fraction of sp³-hybridized carbons (Fsp3) is 0.577. The predicted octanol–water partition coefficient (Wildman–Crippen LogP) is 2.03. The molecule has 0 saturated carbocycles. The molecule has 9 nitrogen and oxygen atoms in total. The maximum absolute atomic E-state index is 13.8. The maximum atomic E-state index is 13.8. The van der Waals surface area contributed by atoms with Crippen LogP contribution in [-0.4, -0.2) is 87.3 Å². The Morgan fingerprint density at radius 2 is 2.03 bits per heavy atom. The average Bonchev–Trinajstić information content (AvgIpc) is 3.32. The molecule has 0 radical (unpaired) electrons. The standard InChI is InChI=1S/C26H36F3N5O4/c1-15(2)20(14-35)31-19-11-23(33-25-24(19)17(12-30-25)26(27,28)29)32-18-5-4-16(10-22(18)37-3)21(36)13-34-6-8-38-9-7-34/h4-5,10-11,15,17,20,25,30-33,35H,6-9,12-14H2,1-3H3/t17?,20-,25?/m0/s1. The molecule has 3 heterocycles. The first kappa shape index (κ1) is 28.2. The highest BCUT2D eigenvalue weighted by Crippen LogP contribution is 2.39. The number of carbonyl (C=O) groups is 1. The molecule has 2 unspecified atom stereocenters. The minimum absolute atomic E-state index is 0.00687. The molecule has 5 N–H and O–H groups in total. The summed E-state index contributed by atoms with van der Waals surface area (Å²) in [6.07, 6.45) is -3.58. The predicted molar refractivity (Wildman–Crippen MR) is 137 cm³/mol. The number of alkyl halides is 3. The molecule has 0 bridgehead atoms. The smallest absolute Gasteiger partial charge is 0.396 e. The molecule has 0 aliphatic carbocycles. The molecule has 0 aromatic heterocycles. The highest BCUT2D eigenvalue weighted by molar-refractivity contribution is 5.98. The summed E-state index contributed by atoms with van der Waals surface area (Å²) >= 11 is 0. The van der Waals surface area contributed by atoms with E-state index in [0.29, 0.717) is 54.8 Å². The summed E-state index contributed by atoms with van der Waals surface area (Å²) in [5.41, 5.74) is 1.53. The van der Waals surface area contributed by atoms with Gasteiger partial charge in [0.05, 0.1) is 51.1 Å². The number of allylic oxidation sites excluding steroid dienone is 1. The number of ether oxygens (including phenoxy) is 2. The Morgan fingerprint density at radius 1 is 1.29 bits per heavy atom. The van der Waals surface area contributed by atoms with Crippen molar-refractivity contribution in [2.75, 3.05) is 58.4 Å². The van der Waals surface area contributed by atoms with Crippen LogP contribution in [0.4, 0.5) is 18.9 Å². The fourth-order valence-electron chi connectivity index (χ4n) is 4.83. The number of hydrogen-bond donors (Lipinski definition) is 5. The van der Waals surface area contributed by atoms with E-state index in [1.165, 1.54) is 7.11 Å². The molecule has 1 aromatic carbocycles. The topological polar surface area (TPSA) is 107 Å². The molecule has 4 rings (SSSR count). The number of rotatable bonds is 10. The summed E-state index contributed by atoms with van der Waals surface area (Å²) in [4.78, 5) is 14.9. The lowest BCUT2D eigenvalue weighted by atomic mass is 9.94. The molecule has 0 spiro atoms. The van der Waals surface area contributed by atoms with Crippen LogP contribution in [0.5, 0.6) is 5.75 Å². The Bertz CT molecular complexity index is 1070. The van der Waals surface area contributed by atoms with Crippen molar-refractivity contribution < 1.29 is 32.5 Å². The molecule has 3 aliphatic heterocycles. The van der Waals surface area contributed by atoms with Gasteiger partial charge >= 0.3 is 6.18 Å². The van der Waals surface area contributed by atoms with Crippen LogP contribution in [-0.2, 0) is 4.74 Å². The third-order valence-electron chi connectivity index (χ3n) is 7.11. The number of dihydropyridines is 1. The van der Waals surface area contributed by atoms with Crippen LogP contribution in [0, 0.1) is 11.8 Å². The number of benzene rings is 1. The van der Waals surface area contributed by atoms with Crippen molar-refractivity contribution in [3.05, 3.63) is 46.9 Å². The number of halogens is 3. The van der Waals surface area contributed by atoms with Gasteiger partial charge in [0.2, 0.25) is 0 Å². The molecular weight excluding hydrogens is 503 g/mol. The molecule has 3 atom stereocenters. The van der Waals surface area contributed by atoms with E-state index in [1.54, 1.807) is 24.3 Å². The molecule has 12 heteroatoms. The largest absolute Gasteiger partial charge is 0.495 e. The second-order valence-corrected chi connectivity index (χ2v) is 10.0. The summed E-state index contributed by atoms with van der Waals surface area (Å²) in [6, 6.07) is 4.65. The third-order valence-corrected chi connectivity index (χ3v) is 7.11. The number of hydrogen-bond acceptors (Lipinski definition) is 9. The molecule has 210 valence electrons. The molecular formula is C26H36F3N5O4. The highest BCUT2D eigenvalue weighted by atomic mass is 19.4. The fourth-order valence-corrected chi connectivity index (χ4v) is 4.83. The molecule has 1 aromatic rings. The zero-order valence-electron chi connectivity index (χ0n) is 21.8. The second-order valence-electron chi connectivity index (χ2n) is 10.0. The van der Waals surface area contributed by atoms with Crippen LogP contribution >= 0.6 is 0 Å². The number of aliphatic hydroxyl groups is 1. The van der Waals surface area contributed by atoms with Crippen molar-refractivity contribution >= 4 is 11.5 Å². The lowest BCUT2D eigenvalue weighted by molar-refractivity contribution is -0.159. The van der Waals surface area contributed by atoms with Gasteiger partial charge in [0.25, 0.3) is 0 Å². The molecule has 38 heavy (non-hydrogen) atoms. The maximum Gasteiger partial charge on any atom is 0.396 e. The number of morpholine rings is 1. The van der Waals surface area contributed by atoms with Crippen LogP contribution < -0.4 is 26.0 Å². The van der Waals surface area contributed by atoms with E-state index in [1.807, 2.05) is 18.7 Å². The number of carbonyl (C=O) groups excluding carboxylic acids is 1. The van der Waals surface area contributed by atoms with Crippen molar-refractivity contribution in [2.45, 2.75) is 32.2 Å². The van der Waals surface area contributed by atoms with Gasteiger partial charge in [0.1, 0.15) is 17.7 Å². The lowest BCUT2D eigenvalue weighted by Gasteiger charge is -2.32. The zero-order valence-corrected chi connectivity index (χ0v) is 21.8. The summed E-state index contributed by atoms with van der Waals surface area (Å²) in [6.45, 7) is 6.19. The van der Waals surface area contributed by atoms with Crippen molar-refractivity contribution in [2.24, 2.45) is 11.8 Å². The number of Topliss-reactive ketones (excluding diaryl/α,β-unsaturated/α-hetero) is 1. The van der Waals surface area contributed by atoms with Crippen LogP contribution in [0.15, 0.2) is 41.4 Å². The first-order valence-electron chi connectivity index (χ1n) is 12.8. The molecule has 2 saturated heterocycles. The van der Waals surface area contributed by atoms with Crippen molar-refractivity contribution in [1.29, 1.82) is 0 Å². The number of fused-ring (bicyclic) bond motifs is 1. The van der Waals surface area contributed by atoms with E-state index in [0.717, 1.165) is 0 Å². The quantitative estimate of drug-likeness (QED) is 0.286. The van der Waals surface area contributed by atoms with Gasteiger partial charge in [-0.3, -0.25) is 15.0 Å². The van der Waals surface area contributed by atoms with E-state index < -0.39 is 24.3 Å². The second kappa shape index (κ2) is 11.9. The van der Waals surface area contributed by atoms with Gasteiger partial charge in [-0.25, -0.2) is 0 Å². The van der Waals surface area contributed by atoms with Crippen molar-refractivity contribution in [3.8, 4) is 5.75 Å². The van der Waals surface area contributed by atoms with Crippen molar-refractivity contribution in [3.63, 3.8) is 0 Å². The van der Waals surface area contributed by atoms with Gasteiger partial charge < -0.3 is 30.5 Å². The van der Waals surface area contributed by atoms with E-state index in [9.17, 15) is 23.1 Å². The first-order valence-corrected chi connectivity index (χ1v) is 12.8. The number of methoxy groups -OCH3 is 1. The van der Waals surface area contributed by atoms with Crippen LogP contribution in [0.3, 0.4) is 0 Å². The molecule has 3 aliphatic rings. The SMILES string of the molecule is COc1cc(C(=O)CN2CCOCC2)ccc1NC1=CC(N[C@@H](CO)C(C)C)=C2C(NCC2C(F)(F)F)N1. The van der Waals surface area contributed by atoms with Gasteiger partial charge in [-0.15, -0.1) is 0 Å². The van der Waals surface area contributed by atoms with E-state index in [-0.39, 0.29) is 37.0 Å². The number of ketones is 1. The summed E-state index contributed by atoms with van der Waals surface area (Å²) < 4.78 is 52.3. The highest BCUT2D eigenvalue weighted by Gasteiger charge is 2.50. The summed E-state index contributed by atoms with van der Waals surface area (Å²) in [7, 11) is 1.49. The minimum atomic E-state index is -4.41. The van der Waals surface area contributed by atoms with E-state index >= 15 is 0 Å². The van der Waals surface area contributed by atoms with Crippen LogP contribution in [0.1, 0.15) is 24.2 Å². The Morgan fingerprint density at radius 3 is 2.66 bits per heavy atom. The van der Waals surface area contributed by atoms with Crippen molar-refractivity contribution in [1.82, 2.24) is 20.9 Å². The Labute approximate surface area is 220 Å². The Balaban J connectivity index is 1.58. The normalized spacial score (nSPS) is 23.0. The number of nitrogens with one attached hydrogen (secondary N) is 4. The Hall–Kier alpha value is -2.80.